The molecule has 0 aromatic heterocycles. The Morgan fingerprint density at radius 1 is 1.09 bits per heavy atom. The van der Waals surface area contributed by atoms with Crippen LogP contribution in [0, 0.1) is 0 Å². The predicted molar refractivity (Wildman–Crippen MR) is 101 cm³/mol. The Hall–Kier alpha value is -1.21. The lowest BCUT2D eigenvalue weighted by molar-refractivity contribution is 0.371. The van der Waals surface area contributed by atoms with Crippen molar-refractivity contribution in [2.75, 3.05) is 7.11 Å². The SMILES string of the molecule is CCC(CC)(C1=CCC=C1)c1cc(Cl)cc(C(C)(C)C)c1OC. The fourth-order valence-electron chi connectivity index (χ4n) is 3.73. The number of ether oxygens (including phenoxy) is 1. The Morgan fingerprint density at radius 3 is 2.13 bits per heavy atom. The van der Waals surface area contributed by atoms with Crippen LogP contribution in [0.4, 0.5) is 0 Å². The number of hydrogen-bond acceptors (Lipinski definition) is 1. The van der Waals surface area contributed by atoms with E-state index in [0.29, 0.717) is 0 Å². The van der Waals surface area contributed by atoms with Crippen LogP contribution in [-0.2, 0) is 10.8 Å². The third-order valence-electron chi connectivity index (χ3n) is 5.11. The smallest absolute Gasteiger partial charge is 0.126 e. The Bertz CT molecular complexity index is 628. The summed E-state index contributed by atoms with van der Waals surface area (Å²) in [5.41, 5.74) is 3.74. The van der Waals surface area contributed by atoms with Crippen LogP contribution >= 0.6 is 11.6 Å². The van der Waals surface area contributed by atoms with E-state index in [0.717, 1.165) is 30.0 Å². The van der Waals surface area contributed by atoms with E-state index >= 15 is 0 Å². The maximum Gasteiger partial charge on any atom is 0.126 e. The molecule has 0 bridgehead atoms. The first-order valence-electron chi connectivity index (χ1n) is 8.55. The Morgan fingerprint density at radius 2 is 1.70 bits per heavy atom. The Balaban J connectivity index is 2.78. The van der Waals surface area contributed by atoms with Gasteiger partial charge in [0.1, 0.15) is 5.75 Å². The lowest BCUT2D eigenvalue weighted by Gasteiger charge is -2.37. The second-order valence-corrected chi connectivity index (χ2v) is 7.81. The summed E-state index contributed by atoms with van der Waals surface area (Å²) in [6.07, 6.45) is 9.91. The van der Waals surface area contributed by atoms with Gasteiger partial charge in [-0.15, -0.1) is 0 Å². The summed E-state index contributed by atoms with van der Waals surface area (Å²) in [5, 5.41) is 0.791. The summed E-state index contributed by atoms with van der Waals surface area (Å²) < 4.78 is 5.92. The van der Waals surface area contributed by atoms with Gasteiger partial charge in [0.15, 0.2) is 0 Å². The largest absolute Gasteiger partial charge is 0.496 e. The van der Waals surface area contributed by atoms with E-state index in [9.17, 15) is 0 Å². The highest BCUT2D eigenvalue weighted by Crippen LogP contribution is 2.49. The summed E-state index contributed by atoms with van der Waals surface area (Å²) in [6, 6.07) is 4.16. The van der Waals surface area contributed by atoms with Gasteiger partial charge in [-0.1, -0.05) is 64.4 Å². The van der Waals surface area contributed by atoms with Crippen molar-refractivity contribution in [2.24, 2.45) is 0 Å². The highest BCUT2D eigenvalue weighted by molar-refractivity contribution is 6.30. The number of allylic oxidation sites excluding steroid dienone is 4. The number of halogens is 1. The molecule has 1 nitrogen and oxygen atoms in total. The van der Waals surface area contributed by atoms with Crippen molar-refractivity contribution >= 4 is 11.6 Å². The van der Waals surface area contributed by atoms with Gasteiger partial charge < -0.3 is 4.74 Å². The summed E-state index contributed by atoms with van der Waals surface area (Å²) in [5.74, 6) is 0.992. The average molecular weight is 333 g/mol. The number of benzene rings is 1. The monoisotopic (exact) mass is 332 g/mol. The van der Waals surface area contributed by atoms with Crippen LogP contribution in [0.1, 0.15) is 65.0 Å². The molecule has 0 atom stereocenters. The maximum absolute atomic E-state index is 6.52. The van der Waals surface area contributed by atoms with Crippen LogP contribution in [0.15, 0.2) is 35.9 Å². The van der Waals surface area contributed by atoms with Gasteiger partial charge in [0.2, 0.25) is 0 Å². The molecule has 2 heteroatoms. The number of hydrogen-bond donors (Lipinski definition) is 0. The van der Waals surface area contributed by atoms with Crippen LogP contribution in [0.25, 0.3) is 0 Å². The standard InChI is InChI=1S/C21H29ClO/c1-7-21(8-2,15-11-9-10-12-15)18-14-16(22)13-17(19(18)23-6)20(3,4)5/h9,11-14H,7-8,10H2,1-6H3. The van der Waals surface area contributed by atoms with E-state index in [4.69, 9.17) is 16.3 Å². The first-order valence-corrected chi connectivity index (χ1v) is 8.93. The minimum atomic E-state index is -0.0384. The molecular formula is C21H29ClO. The fourth-order valence-corrected chi connectivity index (χ4v) is 3.95. The van der Waals surface area contributed by atoms with Gasteiger partial charge >= 0.3 is 0 Å². The summed E-state index contributed by atoms with van der Waals surface area (Å²) >= 11 is 6.52. The minimum Gasteiger partial charge on any atom is -0.496 e. The predicted octanol–water partition coefficient (Wildman–Crippen LogP) is 6.59. The molecule has 0 N–H and O–H groups in total. The van der Waals surface area contributed by atoms with Crippen molar-refractivity contribution in [3.63, 3.8) is 0 Å². The van der Waals surface area contributed by atoms with Gasteiger partial charge in [0.05, 0.1) is 7.11 Å². The van der Waals surface area contributed by atoms with Crippen molar-refractivity contribution < 1.29 is 4.74 Å². The zero-order chi connectivity index (χ0) is 17.3. The highest BCUT2D eigenvalue weighted by Gasteiger charge is 2.37. The molecule has 23 heavy (non-hydrogen) atoms. The van der Waals surface area contributed by atoms with Crippen molar-refractivity contribution in [2.45, 2.75) is 64.7 Å². The first kappa shape index (κ1) is 18.1. The lowest BCUT2D eigenvalue weighted by Crippen LogP contribution is -2.28. The van der Waals surface area contributed by atoms with Crippen molar-refractivity contribution in [3.05, 3.63) is 52.1 Å². The van der Waals surface area contributed by atoms with Gasteiger partial charge in [-0.2, -0.15) is 0 Å². The van der Waals surface area contributed by atoms with E-state index in [1.54, 1.807) is 7.11 Å². The molecule has 0 unspecified atom stereocenters. The number of methoxy groups -OCH3 is 1. The summed E-state index contributed by atoms with van der Waals surface area (Å²) in [6.45, 7) is 11.1. The molecule has 0 spiro atoms. The minimum absolute atomic E-state index is 0.0158. The summed E-state index contributed by atoms with van der Waals surface area (Å²) in [7, 11) is 1.77. The quantitative estimate of drug-likeness (QED) is 0.591. The molecule has 1 aliphatic carbocycles. The van der Waals surface area contributed by atoms with E-state index in [1.807, 2.05) is 0 Å². The van der Waals surface area contributed by atoms with Crippen molar-refractivity contribution in [3.8, 4) is 5.75 Å². The third kappa shape index (κ3) is 3.21. The molecule has 0 amide bonds. The molecular weight excluding hydrogens is 304 g/mol. The maximum atomic E-state index is 6.52. The zero-order valence-electron chi connectivity index (χ0n) is 15.3. The molecule has 1 aliphatic rings. The van der Waals surface area contributed by atoms with E-state index < -0.39 is 0 Å². The van der Waals surface area contributed by atoms with Gasteiger partial charge in [0.25, 0.3) is 0 Å². The second kappa shape index (κ2) is 6.73. The normalized spacial score (nSPS) is 15.0. The molecule has 0 radical (unpaired) electrons. The van der Waals surface area contributed by atoms with Crippen LogP contribution < -0.4 is 4.74 Å². The topological polar surface area (TPSA) is 9.23 Å². The van der Waals surface area contributed by atoms with E-state index in [1.165, 1.54) is 16.7 Å². The molecule has 0 heterocycles. The molecule has 126 valence electrons. The second-order valence-electron chi connectivity index (χ2n) is 7.37. The van der Waals surface area contributed by atoms with Crippen LogP contribution in [-0.4, -0.2) is 7.11 Å². The first-order chi connectivity index (χ1) is 10.8. The van der Waals surface area contributed by atoms with Crippen LogP contribution in [0.5, 0.6) is 5.75 Å². The fraction of sp³-hybridized carbons (Fsp3) is 0.524. The van der Waals surface area contributed by atoms with Gasteiger partial charge in [-0.3, -0.25) is 0 Å². The lowest BCUT2D eigenvalue weighted by atomic mass is 9.68. The van der Waals surface area contributed by atoms with Crippen molar-refractivity contribution in [1.29, 1.82) is 0 Å². The Labute approximate surface area is 146 Å². The molecule has 0 aliphatic heterocycles. The zero-order valence-corrected chi connectivity index (χ0v) is 16.1. The average Bonchev–Trinajstić information content (AvgIpc) is 3.02. The molecule has 1 aromatic carbocycles. The summed E-state index contributed by atoms with van der Waals surface area (Å²) in [4.78, 5) is 0. The molecule has 0 saturated heterocycles. The van der Waals surface area contributed by atoms with Crippen LogP contribution in [0.2, 0.25) is 5.02 Å². The molecule has 2 rings (SSSR count). The Kier molecular flexibility index (Phi) is 5.30. The molecule has 1 aromatic rings. The number of rotatable bonds is 5. The van der Waals surface area contributed by atoms with E-state index in [2.05, 4.69) is 65.0 Å². The molecule has 0 saturated carbocycles. The molecule has 0 fully saturated rings. The highest BCUT2D eigenvalue weighted by atomic mass is 35.5. The van der Waals surface area contributed by atoms with Gasteiger partial charge in [-0.05, 0) is 42.4 Å². The van der Waals surface area contributed by atoms with Crippen molar-refractivity contribution in [1.82, 2.24) is 0 Å². The van der Waals surface area contributed by atoms with E-state index in [-0.39, 0.29) is 10.8 Å². The third-order valence-corrected chi connectivity index (χ3v) is 5.33. The van der Waals surface area contributed by atoms with Crippen LogP contribution in [0.3, 0.4) is 0 Å². The van der Waals surface area contributed by atoms with Gasteiger partial charge in [0, 0.05) is 21.6 Å². The van der Waals surface area contributed by atoms with Gasteiger partial charge in [-0.25, -0.2) is 0 Å².